The van der Waals surface area contributed by atoms with Crippen LogP contribution in [0.15, 0.2) is 22.7 Å². The summed E-state index contributed by atoms with van der Waals surface area (Å²) in [7, 11) is 1.89. The van der Waals surface area contributed by atoms with E-state index in [0.717, 1.165) is 10.9 Å². The van der Waals surface area contributed by atoms with Crippen molar-refractivity contribution in [1.29, 1.82) is 0 Å². The molecule has 1 aromatic rings. The smallest absolute Gasteiger partial charge is 0.222 e. The summed E-state index contributed by atoms with van der Waals surface area (Å²) in [6.07, 6.45) is 0.950. The summed E-state index contributed by atoms with van der Waals surface area (Å²) in [5.74, 6) is 0.261. The molecule has 19 heavy (non-hydrogen) atoms. The number of likely N-dealkylation sites (tertiary alicyclic amines) is 1. The van der Waals surface area contributed by atoms with Gasteiger partial charge in [0.05, 0.1) is 0 Å². The van der Waals surface area contributed by atoms with Crippen molar-refractivity contribution in [3.8, 4) is 0 Å². The van der Waals surface area contributed by atoms with Gasteiger partial charge in [0.25, 0.3) is 0 Å². The molecule has 0 bridgehead atoms. The van der Waals surface area contributed by atoms with E-state index in [0.29, 0.717) is 6.42 Å². The van der Waals surface area contributed by atoms with Gasteiger partial charge in [-0.3, -0.25) is 4.79 Å². The first-order chi connectivity index (χ1) is 9.31. The molecule has 3 atom stereocenters. The van der Waals surface area contributed by atoms with Crippen LogP contribution in [0.25, 0.3) is 0 Å². The van der Waals surface area contributed by atoms with Crippen molar-refractivity contribution in [3.05, 3.63) is 33.8 Å². The number of hydrogen-bond acceptors (Lipinski definition) is 1. The Labute approximate surface area is 124 Å². The van der Waals surface area contributed by atoms with Crippen LogP contribution < -0.4 is 0 Å². The summed E-state index contributed by atoms with van der Waals surface area (Å²) in [5, 5.41) is 0. The minimum atomic E-state index is -0.320. The van der Waals surface area contributed by atoms with Gasteiger partial charge in [0, 0.05) is 31.3 Å². The quantitative estimate of drug-likeness (QED) is 0.710. The van der Waals surface area contributed by atoms with Crippen LogP contribution in [0.4, 0.5) is 0 Å². The maximum atomic E-state index is 12.0. The molecule has 0 spiro atoms. The molecule has 1 aromatic carbocycles. The number of rotatable bonds is 0. The van der Waals surface area contributed by atoms with Crippen LogP contribution in [0.5, 0.6) is 0 Å². The molecule has 0 radical (unpaired) electrons. The fraction of sp³-hybridized carbons (Fsp3) is 0.562. The van der Waals surface area contributed by atoms with Crippen molar-refractivity contribution >= 4 is 21.8 Å². The van der Waals surface area contributed by atoms with Gasteiger partial charge in [-0.15, -0.1) is 0 Å². The standard InChI is InChI=1S/C16H20BrNO/c1-16(2)9-14-12(6-7-15(19)18(14)3)11-5-4-10(17)8-13(11)16/h4-5,8,12,14H,6-7,9H2,1-3H3/i6D. The molecule has 1 heterocycles. The van der Waals surface area contributed by atoms with E-state index in [9.17, 15) is 4.79 Å². The molecule has 1 amide bonds. The molecular weight excluding hydrogens is 302 g/mol. The van der Waals surface area contributed by atoms with Crippen molar-refractivity contribution in [2.45, 2.75) is 50.5 Å². The second kappa shape index (κ2) is 4.34. The number of benzene rings is 1. The van der Waals surface area contributed by atoms with Crippen LogP contribution in [0, 0.1) is 0 Å². The van der Waals surface area contributed by atoms with Gasteiger partial charge in [0.1, 0.15) is 0 Å². The third-order valence-corrected chi connectivity index (χ3v) is 5.17. The van der Waals surface area contributed by atoms with Crippen LogP contribution in [-0.2, 0) is 10.2 Å². The van der Waals surface area contributed by atoms with Crippen LogP contribution >= 0.6 is 15.9 Å². The summed E-state index contributed by atoms with van der Waals surface area (Å²) in [5.41, 5.74) is 2.62. The number of carbonyl (C=O) groups is 1. The van der Waals surface area contributed by atoms with E-state index in [2.05, 4.69) is 48.0 Å². The zero-order valence-electron chi connectivity index (χ0n) is 12.6. The lowest BCUT2D eigenvalue weighted by molar-refractivity contribution is -0.136. The number of hydrogen-bond donors (Lipinski definition) is 0. The summed E-state index contributed by atoms with van der Waals surface area (Å²) in [4.78, 5) is 13.9. The first-order valence-corrected chi connectivity index (χ1v) is 7.58. The Morgan fingerprint density at radius 2 is 2.21 bits per heavy atom. The molecule has 0 aromatic heterocycles. The Morgan fingerprint density at radius 3 is 2.95 bits per heavy atom. The van der Waals surface area contributed by atoms with E-state index in [1.165, 1.54) is 11.1 Å². The SMILES string of the molecule is [2H]C1CC(=O)N(C)C2CC(C)(C)c3cc(Br)ccc3C12. The fourth-order valence-electron chi connectivity index (χ4n) is 3.59. The molecule has 102 valence electrons. The van der Waals surface area contributed by atoms with Gasteiger partial charge in [0.15, 0.2) is 0 Å². The molecule has 3 unspecified atom stereocenters. The maximum Gasteiger partial charge on any atom is 0.222 e. The van der Waals surface area contributed by atoms with E-state index >= 15 is 0 Å². The van der Waals surface area contributed by atoms with Gasteiger partial charge in [0.2, 0.25) is 5.91 Å². The highest BCUT2D eigenvalue weighted by atomic mass is 79.9. The Hall–Kier alpha value is -0.830. The van der Waals surface area contributed by atoms with Crippen molar-refractivity contribution in [2.24, 2.45) is 0 Å². The molecular formula is C16H20BrNO. The van der Waals surface area contributed by atoms with E-state index in [1.807, 2.05) is 11.9 Å². The molecule has 1 fully saturated rings. The van der Waals surface area contributed by atoms with Crippen LogP contribution in [-0.4, -0.2) is 23.9 Å². The molecule has 1 saturated heterocycles. The molecule has 2 aliphatic rings. The second-order valence-corrected chi connectivity index (χ2v) is 7.27. The van der Waals surface area contributed by atoms with E-state index in [-0.39, 0.29) is 29.7 Å². The van der Waals surface area contributed by atoms with Gasteiger partial charge < -0.3 is 4.90 Å². The normalized spacial score (nSPS) is 33.5. The molecule has 1 aliphatic carbocycles. The highest BCUT2D eigenvalue weighted by molar-refractivity contribution is 9.10. The summed E-state index contributed by atoms with van der Waals surface area (Å²) in [6, 6.07) is 6.54. The third kappa shape index (κ3) is 2.03. The average Bonchev–Trinajstić information content (AvgIpc) is 2.36. The van der Waals surface area contributed by atoms with Gasteiger partial charge in [-0.1, -0.05) is 35.8 Å². The zero-order chi connectivity index (χ0) is 14.7. The van der Waals surface area contributed by atoms with Crippen molar-refractivity contribution < 1.29 is 6.17 Å². The van der Waals surface area contributed by atoms with Crippen LogP contribution in [0.2, 0.25) is 0 Å². The van der Waals surface area contributed by atoms with Crippen LogP contribution in [0.1, 0.15) is 51.5 Å². The molecule has 2 nitrogen and oxygen atoms in total. The van der Waals surface area contributed by atoms with E-state index in [1.54, 1.807) is 0 Å². The summed E-state index contributed by atoms with van der Waals surface area (Å²) in [6.45, 7) is 4.47. The van der Waals surface area contributed by atoms with Gasteiger partial charge >= 0.3 is 0 Å². The molecule has 0 N–H and O–H groups in total. The van der Waals surface area contributed by atoms with Gasteiger partial charge in [-0.05, 0) is 41.5 Å². The Morgan fingerprint density at radius 1 is 1.47 bits per heavy atom. The number of amides is 1. The summed E-state index contributed by atoms with van der Waals surface area (Å²) >= 11 is 3.56. The lowest BCUT2D eigenvalue weighted by Gasteiger charge is -2.48. The second-order valence-electron chi connectivity index (χ2n) is 6.36. The Bertz CT molecular complexity index is 572. The van der Waals surface area contributed by atoms with Crippen molar-refractivity contribution in [2.75, 3.05) is 7.05 Å². The largest absolute Gasteiger partial charge is 0.342 e. The lowest BCUT2D eigenvalue weighted by Crippen LogP contribution is -2.50. The molecule has 3 heteroatoms. The number of nitrogens with zero attached hydrogens (tertiary/aromatic N) is 1. The maximum absolute atomic E-state index is 12.0. The van der Waals surface area contributed by atoms with E-state index < -0.39 is 0 Å². The first kappa shape index (κ1) is 12.0. The highest BCUT2D eigenvalue weighted by Gasteiger charge is 2.44. The lowest BCUT2D eigenvalue weighted by atomic mass is 9.64. The minimum Gasteiger partial charge on any atom is -0.342 e. The Kier molecular flexibility index (Phi) is 2.73. The number of carbonyl (C=O) groups excluding carboxylic acids is 1. The molecule has 3 rings (SSSR count). The summed E-state index contributed by atoms with van der Waals surface area (Å²) < 4.78 is 9.46. The predicted octanol–water partition coefficient (Wildman–Crippen LogP) is 3.83. The molecule has 0 saturated carbocycles. The van der Waals surface area contributed by atoms with Crippen molar-refractivity contribution in [3.63, 3.8) is 0 Å². The monoisotopic (exact) mass is 322 g/mol. The van der Waals surface area contributed by atoms with Crippen LogP contribution in [0.3, 0.4) is 0 Å². The zero-order valence-corrected chi connectivity index (χ0v) is 13.2. The number of piperidine rings is 1. The van der Waals surface area contributed by atoms with Gasteiger partial charge in [-0.2, -0.15) is 0 Å². The van der Waals surface area contributed by atoms with Gasteiger partial charge in [-0.25, -0.2) is 0 Å². The third-order valence-electron chi connectivity index (χ3n) is 4.67. The Balaban J connectivity index is 2.15. The average molecular weight is 323 g/mol. The van der Waals surface area contributed by atoms with Crippen molar-refractivity contribution in [1.82, 2.24) is 4.90 Å². The van der Waals surface area contributed by atoms with E-state index in [4.69, 9.17) is 1.37 Å². The predicted molar refractivity (Wildman–Crippen MR) is 80.3 cm³/mol. The highest BCUT2D eigenvalue weighted by Crippen LogP contribution is 2.48. The number of halogens is 1. The molecule has 1 aliphatic heterocycles. The number of likely N-dealkylation sites (N-methyl/N-ethyl adjacent to an activating group) is 1. The fourth-order valence-corrected chi connectivity index (χ4v) is 3.95. The number of fused-ring (bicyclic) bond motifs is 3. The topological polar surface area (TPSA) is 20.3 Å². The first-order valence-electron chi connectivity index (χ1n) is 7.37. The minimum absolute atomic E-state index is 0.0336.